The molecule has 0 saturated heterocycles. The summed E-state index contributed by atoms with van der Waals surface area (Å²) in [5.74, 6) is -0.528. The average Bonchev–Trinajstić information content (AvgIpc) is 2.98. The van der Waals surface area contributed by atoms with Crippen LogP contribution in [-0.2, 0) is 4.74 Å². The van der Waals surface area contributed by atoms with Crippen molar-refractivity contribution in [1.29, 1.82) is 0 Å². The number of benzene rings is 1. The van der Waals surface area contributed by atoms with Gasteiger partial charge >= 0.3 is 11.9 Å². The number of nitrogens with zero attached hydrogens (tertiary/aromatic N) is 2. The molecule has 0 amide bonds. The molecule has 0 atom stereocenters. The lowest BCUT2D eigenvalue weighted by Gasteiger charge is -2.08. The molecule has 0 unspecified atom stereocenters. The number of carbonyl (C=O) groups excluding carboxylic acids is 1. The van der Waals surface area contributed by atoms with Crippen molar-refractivity contribution in [3.63, 3.8) is 0 Å². The molecule has 0 bridgehead atoms. The molecular weight excluding hydrogens is 366 g/mol. The lowest BCUT2D eigenvalue weighted by molar-refractivity contribution is 0.0463. The van der Waals surface area contributed by atoms with Crippen LogP contribution < -0.4 is 5.32 Å². The molecule has 0 spiro atoms. The molecule has 0 aliphatic rings. The number of ether oxygens (including phenoxy) is 1. The van der Waals surface area contributed by atoms with Gasteiger partial charge in [0, 0.05) is 5.69 Å². The summed E-state index contributed by atoms with van der Waals surface area (Å²) in [6.07, 6.45) is 1.43. The Balaban J connectivity index is 1.92. The van der Waals surface area contributed by atoms with Crippen molar-refractivity contribution < 1.29 is 19.4 Å². The van der Waals surface area contributed by atoms with E-state index in [0.717, 1.165) is 10.9 Å². The van der Waals surface area contributed by atoms with E-state index < -0.39 is 5.97 Å². The molecule has 7 nitrogen and oxygen atoms in total. The third-order valence-electron chi connectivity index (χ3n) is 3.85. The van der Waals surface area contributed by atoms with Crippen molar-refractivity contribution in [3.05, 3.63) is 46.6 Å². The molecule has 2 N–H and O–H groups in total. The Bertz CT molecular complexity index is 996. The van der Waals surface area contributed by atoms with E-state index in [1.165, 1.54) is 29.8 Å². The van der Waals surface area contributed by atoms with Gasteiger partial charge in [-0.3, -0.25) is 0 Å². The van der Waals surface area contributed by atoms with Crippen LogP contribution in [0, 0.1) is 12.8 Å². The van der Waals surface area contributed by atoms with Crippen molar-refractivity contribution in [1.82, 2.24) is 9.97 Å². The van der Waals surface area contributed by atoms with Gasteiger partial charge in [-0.25, -0.2) is 19.6 Å². The number of hydrogen-bond acceptors (Lipinski definition) is 7. The lowest BCUT2D eigenvalue weighted by Crippen LogP contribution is -2.09. The Hall–Kier alpha value is -3.00. The number of aromatic nitrogens is 2. The highest BCUT2D eigenvalue weighted by molar-refractivity contribution is 7.20. The van der Waals surface area contributed by atoms with Crippen LogP contribution in [0.1, 0.15) is 39.4 Å². The van der Waals surface area contributed by atoms with E-state index in [4.69, 9.17) is 9.84 Å². The predicted octanol–water partition coefficient (Wildman–Crippen LogP) is 4.25. The molecule has 3 aromatic rings. The van der Waals surface area contributed by atoms with E-state index in [1.807, 2.05) is 20.8 Å². The summed E-state index contributed by atoms with van der Waals surface area (Å²) in [5.41, 5.74) is 1.65. The Labute approximate surface area is 160 Å². The van der Waals surface area contributed by atoms with Crippen LogP contribution >= 0.6 is 11.3 Å². The van der Waals surface area contributed by atoms with Crippen LogP contribution in [0.2, 0.25) is 0 Å². The van der Waals surface area contributed by atoms with Crippen LogP contribution in [0.15, 0.2) is 30.6 Å². The summed E-state index contributed by atoms with van der Waals surface area (Å²) in [4.78, 5) is 33.1. The normalized spacial score (nSPS) is 11.0. The molecule has 0 aliphatic carbocycles. The third kappa shape index (κ3) is 4.06. The van der Waals surface area contributed by atoms with Gasteiger partial charge in [0.25, 0.3) is 0 Å². The van der Waals surface area contributed by atoms with Gasteiger partial charge in [0.15, 0.2) is 0 Å². The molecule has 2 heterocycles. The van der Waals surface area contributed by atoms with Crippen molar-refractivity contribution in [3.8, 4) is 0 Å². The number of aromatic carboxylic acids is 1. The first-order valence-electron chi connectivity index (χ1n) is 8.38. The highest BCUT2D eigenvalue weighted by atomic mass is 32.1. The van der Waals surface area contributed by atoms with Gasteiger partial charge in [-0.1, -0.05) is 13.8 Å². The largest absolute Gasteiger partial charge is 0.478 e. The van der Waals surface area contributed by atoms with Crippen molar-refractivity contribution >= 4 is 45.0 Å². The van der Waals surface area contributed by atoms with Crippen molar-refractivity contribution in [2.75, 3.05) is 11.9 Å². The zero-order valence-electron chi connectivity index (χ0n) is 15.1. The number of anilines is 2. The maximum Gasteiger partial charge on any atom is 0.348 e. The van der Waals surface area contributed by atoms with Crippen LogP contribution in [0.5, 0.6) is 0 Å². The number of carboxylic acids is 1. The number of nitrogens with one attached hydrogen (secondary N) is 1. The summed E-state index contributed by atoms with van der Waals surface area (Å²) >= 11 is 1.27. The third-order valence-corrected chi connectivity index (χ3v) is 5.03. The van der Waals surface area contributed by atoms with Gasteiger partial charge < -0.3 is 15.2 Å². The van der Waals surface area contributed by atoms with Gasteiger partial charge in [-0.2, -0.15) is 0 Å². The monoisotopic (exact) mass is 385 g/mol. The van der Waals surface area contributed by atoms with Crippen LogP contribution in [0.25, 0.3) is 10.2 Å². The van der Waals surface area contributed by atoms with Gasteiger partial charge in [0.1, 0.15) is 21.9 Å². The lowest BCUT2D eigenvalue weighted by atomic mass is 10.2. The number of hydrogen-bond donors (Lipinski definition) is 2. The summed E-state index contributed by atoms with van der Waals surface area (Å²) < 4.78 is 5.34. The molecule has 0 radical (unpaired) electrons. The van der Waals surface area contributed by atoms with Crippen molar-refractivity contribution in [2.45, 2.75) is 20.8 Å². The van der Waals surface area contributed by atoms with Gasteiger partial charge in [-0.15, -0.1) is 11.3 Å². The first-order valence-corrected chi connectivity index (χ1v) is 9.20. The fourth-order valence-corrected chi connectivity index (χ4v) is 3.54. The topological polar surface area (TPSA) is 101 Å². The SMILES string of the molecule is Cc1c(C(=O)OCC(C)C)sc2ncnc(Nc3ccc(C(=O)O)cc3)c12. The minimum Gasteiger partial charge on any atom is -0.478 e. The Morgan fingerprint density at radius 2 is 1.93 bits per heavy atom. The average molecular weight is 385 g/mol. The number of fused-ring (bicyclic) bond motifs is 1. The second-order valence-corrected chi connectivity index (χ2v) is 7.46. The van der Waals surface area contributed by atoms with E-state index >= 15 is 0 Å². The molecule has 0 fully saturated rings. The van der Waals surface area contributed by atoms with E-state index in [1.54, 1.807) is 12.1 Å². The first-order chi connectivity index (χ1) is 12.9. The predicted molar refractivity (Wildman–Crippen MR) is 104 cm³/mol. The first kappa shape index (κ1) is 18.8. The van der Waals surface area contributed by atoms with Gasteiger partial charge in [0.05, 0.1) is 17.6 Å². The van der Waals surface area contributed by atoms with E-state index in [0.29, 0.717) is 27.8 Å². The molecule has 1 aromatic carbocycles. The fraction of sp³-hybridized carbons (Fsp3) is 0.263. The maximum atomic E-state index is 12.4. The second-order valence-electron chi connectivity index (χ2n) is 6.46. The molecule has 2 aromatic heterocycles. The summed E-state index contributed by atoms with van der Waals surface area (Å²) in [7, 11) is 0. The Morgan fingerprint density at radius 3 is 2.56 bits per heavy atom. The molecule has 3 rings (SSSR count). The zero-order valence-corrected chi connectivity index (χ0v) is 16.0. The maximum absolute atomic E-state index is 12.4. The highest BCUT2D eigenvalue weighted by Crippen LogP contribution is 2.34. The van der Waals surface area contributed by atoms with Crippen LogP contribution in [0.3, 0.4) is 0 Å². The van der Waals surface area contributed by atoms with Gasteiger partial charge in [0.2, 0.25) is 0 Å². The fourth-order valence-electron chi connectivity index (χ4n) is 2.50. The molecule has 0 aliphatic heterocycles. The molecular formula is C19H19N3O4S. The van der Waals surface area contributed by atoms with Gasteiger partial charge in [-0.05, 0) is 42.7 Å². The number of carbonyl (C=O) groups is 2. The quantitative estimate of drug-likeness (QED) is 0.612. The zero-order chi connectivity index (χ0) is 19.6. The van der Waals surface area contributed by atoms with Crippen LogP contribution in [0.4, 0.5) is 11.5 Å². The minimum atomic E-state index is -0.982. The number of carboxylic acid groups (broad SMARTS) is 1. The minimum absolute atomic E-state index is 0.204. The number of rotatable bonds is 6. The highest BCUT2D eigenvalue weighted by Gasteiger charge is 2.20. The summed E-state index contributed by atoms with van der Waals surface area (Å²) in [5, 5.41) is 12.9. The molecule has 27 heavy (non-hydrogen) atoms. The van der Waals surface area contributed by atoms with Crippen molar-refractivity contribution in [2.24, 2.45) is 5.92 Å². The molecule has 8 heteroatoms. The Morgan fingerprint density at radius 1 is 1.22 bits per heavy atom. The molecule has 0 saturated carbocycles. The summed E-state index contributed by atoms with van der Waals surface area (Å²) in [6.45, 7) is 6.16. The number of thiophene rings is 1. The summed E-state index contributed by atoms with van der Waals surface area (Å²) in [6, 6.07) is 6.35. The van der Waals surface area contributed by atoms with Crippen LogP contribution in [-0.4, -0.2) is 33.6 Å². The van der Waals surface area contributed by atoms with E-state index in [9.17, 15) is 9.59 Å². The standard InChI is InChI=1S/C19H19N3O4S/c1-10(2)8-26-19(25)15-11(3)14-16(20-9-21-17(14)27-15)22-13-6-4-12(5-7-13)18(23)24/h4-7,9-10H,8H2,1-3H3,(H,23,24)(H,20,21,22). The Kier molecular flexibility index (Phi) is 5.36. The second kappa shape index (κ2) is 7.71. The molecule has 140 valence electrons. The smallest absolute Gasteiger partial charge is 0.348 e. The number of aryl methyl sites for hydroxylation is 1. The van der Waals surface area contributed by atoms with E-state index in [2.05, 4.69) is 15.3 Å². The number of esters is 1. The van der Waals surface area contributed by atoms with E-state index in [-0.39, 0.29) is 17.5 Å².